The topological polar surface area (TPSA) is 111 Å². The van der Waals surface area contributed by atoms with Crippen LogP contribution >= 0.6 is 11.6 Å². The molecule has 2 bridgehead atoms. The Bertz CT molecular complexity index is 1230. The molecular weight excluding hydrogens is 462 g/mol. The van der Waals surface area contributed by atoms with Gasteiger partial charge in [-0.15, -0.1) is 0 Å². The third-order valence-electron chi connectivity index (χ3n) is 6.53. The van der Waals surface area contributed by atoms with Gasteiger partial charge in [-0.2, -0.15) is 10.1 Å². The highest BCUT2D eigenvalue weighted by atomic mass is 35.5. The van der Waals surface area contributed by atoms with Crippen molar-refractivity contribution >= 4 is 35.3 Å². The molecule has 2 aromatic rings. The number of hydrazone groups is 1. The van der Waals surface area contributed by atoms with Gasteiger partial charge in [-0.25, -0.2) is 0 Å². The standard InChI is InChI=1S/C24H20ClN3O6/c1-33-19-9-14(8-18(25)22(19)34-12-13-3-2-4-17(7-13)28(31)32)11-26-27-23(29)20-15-5-6-16(10-15)21(20)24(27)30/h2-9,11,15-16,20-21H,10,12H2,1H3/t15-,16-,20-,21+/m0/s1. The Hall–Kier alpha value is -3.72. The minimum atomic E-state index is -0.477. The van der Waals surface area contributed by atoms with Crippen LogP contribution in [0.25, 0.3) is 0 Å². The van der Waals surface area contributed by atoms with E-state index in [0.717, 1.165) is 11.4 Å². The fraction of sp³-hybridized carbons (Fsp3) is 0.292. The van der Waals surface area contributed by atoms with E-state index in [1.165, 1.54) is 25.5 Å². The van der Waals surface area contributed by atoms with Gasteiger partial charge in [0.25, 0.3) is 17.5 Å². The molecule has 10 heteroatoms. The molecule has 1 saturated heterocycles. The Kier molecular flexibility index (Phi) is 5.57. The van der Waals surface area contributed by atoms with Gasteiger partial charge in [0.05, 0.1) is 35.1 Å². The number of halogens is 1. The molecule has 5 rings (SSSR count). The second kappa shape index (κ2) is 8.57. The van der Waals surface area contributed by atoms with E-state index in [4.69, 9.17) is 21.1 Å². The van der Waals surface area contributed by atoms with Crippen LogP contribution in [0.2, 0.25) is 5.02 Å². The molecule has 34 heavy (non-hydrogen) atoms. The van der Waals surface area contributed by atoms with Crippen LogP contribution in [0.5, 0.6) is 11.5 Å². The number of hydrogen-bond donors (Lipinski definition) is 0. The van der Waals surface area contributed by atoms with Gasteiger partial charge in [-0.3, -0.25) is 19.7 Å². The molecule has 2 aliphatic carbocycles. The number of benzene rings is 2. The van der Waals surface area contributed by atoms with Gasteiger partial charge in [0.1, 0.15) is 6.61 Å². The predicted octanol–water partition coefficient (Wildman–Crippen LogP) is 3.98. The number of amides is 2. The largest absolute Gasteiger partial charge is 0.493 e. The van der Waals surface area contributed by atoms with Crippen molar-refractivity contribution in [2.75, 3.05) is 7.11 Å². The summed E-state index contributed by atoms with van der Waals surface area (Å²) in [4.78, 5) is 36.1. The van der Waals surface area contributed by atoms with Crippen LogP contribution in [0.15, 0.2) is 53.7 Å². The highest BCUT2D eigenvalue weighted by molar-refractivity contribution is 6.32. The van der Waals surface area contributed by atoms with E-state index >= 15 is 0 Å². The Balaban J connectivity index is 1.32. The smallest absolute Gasteiger partial charge is 0.269 e. The third-order valence-corrected chi connectivity index (χ3v) is 6.81. The zero-order valence-electron chi connectivity index (χ0n) is 18.1. The van der Waals surface area contributed by atoms with Crippen LogP contribution < -0.4 is 9.47 Å². The molecule has 2 aromatic carbocycles. The van der Waals surface area contributed by atoms with Gasteiger partial charge in [-0.05, 0) is 41.5 Å². The number of methoxy groups -OCH3 is 1. The van der Waals surface area contributed by atoms with Crippen molar-refractivity contribution in [3.05, 3.63) is 74.8 Å². The molecule has 0 aromatic heterocycles. The summed E-state index contributed by atoms with van der Waals surface area (Å²) in [6.07, 6.45) is 6.31. The highest BCUT2D eigenvalue weighted by Gasteiger charge is 2.59. The van der Waals surface area contributed by atoms with Gasteiger partial charge in [-0.1, -0.05) is 35.9 Å². The minimum absolute atomic E-state index is 0.0374. The fourth-order valence-corrected chi connectivity index (χ4v) is 5.27. The SMILES string of the molecule is COc1cc(C=NN2C(=O)[C@@H]3[C@H](C2=O)[C@H]2C=C[C@H]3C2)cc(Cl)c1OCc1cccc([N+](=O)[O-])c1. The number of imide groups is 1. The number of ether oxygens (including phenoxy) is 2. The Labute approximate surface area is 199 Å². The van der Waals surface area contributed by atoms with Crippen molar-refractivity contribution < 1.29 is 24.0 Å². The molecule has 0 spiro atoms. The summed E-state index contributed by atoms with van der Waals surface area (Å²) in [5.41, 5.74) is 1.07. The molecule has 0 unspecified atom stereocenters. The molecule has 2 amide bonds. The Morgan fingerprint density at radius 2 is 1.88 bits per heavy atom. The molecule has 1 aliphatic heterocycles. The van der Waals surface area contributed by atoms with Gasteiger partial charge < -0.3 is 9.47 Å². The lowest BCUT2D eigenvalue weighted by Crippen LogP contribution is -2.28. The number of allylic oxidation sites excluding steroid dienone is 2. The Morgan fingerprint density at radius 1 is 1.18 bits per heavy atom. The number of nitro benzene ring substituents is 1. The van der Waals surface area contributed by atoms with E-state index in [1.807, 2.05) is 12.2 Å². The van der Waals surface area contributed by atoms with Crippen molar-refractivity contribution in [2.24, 2.45) is 28.8 Å². The molecule has 0 N–H and O–H groups in total. The van der Waals surface area contributed by atoms with E-state index in [-0.39, 0.29) is 58.6 Å². The third kappa shape index (κ3) is 3.71. The zero-order chi connectivity index (χ0) is 24.0. The van der Waals surface area contributed by atoms with Crippen LogP contribution in [-0.4, -0.2) is 35.1 Å². The number of fused-ring (bicyclic) bond motifs is 5. The van der Waals surface area contributed by atoms with Crippen LogP contribution in [-0.2, 0) is 16.2 Å². The number of non-ortho nitro benzene ring substituents is 1. The second-order valence-electron chi connectivity index (χ2n) is 8.48. The molecule has 2 fully saturated rings. The summed E-state index contributed by atoms with van der Waals surface area (Å²) in [5, 5.41) is 16.3. The normalized spacial score (nSPS) is 24.8. The first-order valence-electron chi connectivity index (χ1n) is 10.7. The van der Waals surface area contributed by atoms with Crippen molar-refractivity contribution in [3.8, 4) is 11.5 Å². The first-order valence-corrected chi connectivity index (χ1v) is 11.1. The van der Waals surface area contributed by atoms with Crippen molar-refractivity contribution in [1.82, 2.24) is 5.01 Å². The van der Waals surface area contributed by atoms with E-state index in [2.05, 4.69) is 5.10 Å². The summed E-state index contributed by atoms with van der Waals surface area (Å²) in [6, 6.07) is 9.29. The van der Waals surface area contributed by atoms with E-state index in [0.29, 0.717) is 16.9 Å². The second-order valence-corrected chi connectivity index (χ2v) is 8.89. The van der Waals surface area contributed by atoms with Crippen LogP contribution in [0, 0.1) is 33.8 Å². The number of carbonyl (C=O) groups is 2. The van der Waals surface area contributed by atoms with Crippen molar-refractivity contribution in [2.45, 2.75) is 13.0 Å². The maximum absolute atomic E-state index is 12.8. The highest BCUT2D eigenvalue weighted by Crippen LogP contribution is 2.52. The van der Waals surface area contributed by atoms with Crippen LogP contribution in [0.4, 0.5) is 5.69 Å². The number of nitrogens with zero attached hydrogens (tertiary/aromatic N) is 3. The maximum atomic E-state index is 12.8. The molecule has 1 saturated carbocycles. The first kappa shape index (κ1) is 22.1. The first-order chi connectivity index (χ1) is 16.4. The lowest BCUT2D eigenvalue weighted by atomic mass is 9.85. The number of nitro groups is 1. The van der Waals surface area contributed by atoms with Crippen LogP contribution in [0.3, 0.4) is 0 Å². The van der Waals surface area contributed by atoms with E-state index in [1.54, 1.807) is 24.3 Å². The quantitative estimate of drug-likeness (QED) is 0.194. The summed E-state index contributed by atoms with van der Waals surface area (Å²) < 4.78 is 11.2. The van der Waals surface area contributed by atoms with Crippen molar-refractivity contribution in [3.63, 3.8) is 0 Å². The molecular formula is C24H20ClN3O6. The Morgan fingerprint density at radius 3 is 2.53 bits per heavy atom. The monoisotopic (exact) mass is 481 g/mol. The zero-order valence-corrected chi connectivity index (χ0v) is 18.8. The average Bonchev–Trinajstić information content (AvgIpc) is 3.51. The van der Waals surface area contributed by atoms with Crippen LogP contribution in [0.1, 0.15) is 17.5 Å². The predicted molar refractivity (Wildman–Crippen MR) is 123 cm³/mol. The summed E-state index contributed by atoms with van der Waals surface area (Å²) in [6.45, 7) is 0.0428. The number of carbonyl (C=O) groups excluding carboxylic acids is 2. The molecule has 9 nitrogen and oxygen atoms in total. The molecule has 3 aliphatic rings. The molecule has 174 valence electrons. The number of hydrogen-bond acceptors (Lipinski definition) is 7. The van der Waals surface area contributed by atoms with Gasteiger partial charge in [0.15, 0.2) is 11.5 Å². The maximum Gasteiger partial charge on any atom is 0.269 e. The lowest BCUT2D eigenvalue weighted by Gasteiger charge is -2.14. The lowest BCUT2D eigenvalue weighted by molar-refractivity contribution is -0.384. The average molecular weight is 482 g/mol. The minimum Gasteiger partial charge on any atom is -0.493 e. The van der Waals surface area contributed by atoms with Gasteiger partial charge in [0.2, 0.25) is 0 Å². The summed E-state index contributed by atoms with van der Waals surface area (Å²) >= 11 is 6.41. The summed E-state index contributed by atoms with van der Waals surface area (Å²) in [7, 11) is 1.45. The van der Waals surface area contributed by atoms with Gasteiger partial charge >= 0.3 is 0 Å². The molecule has 1 heterocycles. The van der Waals surface area contributed by atoms with Gasteiger partial charge in [0, 0.05) is 12.1 Å². The van der Waals surface area contributed by atoms with E-state index < -0.39 is 4.92 Å². The van der Waals surface area contributed by atoms with E-state index in [9.17, 15) is 19.7 Å². The number of rotatable bonds is 7. The van der Waals surface area contributed by atoms with Crippen molar-refractivity contribution in [1.29, 1.82) is 0 Å². The fourth-order valence-electron chi connectivity index (χ4n) is 4.99. The molecule has 0 radical (unpaired) electrons. The molecule has 4 atom stereocenters. The summed E-state index contributed by atoms with van der Waals surface area (Å²) in [5.74, 6) is -0.357.